The fourth-order valence-corrected chi connectivity index (χ4v) is 3.39. The zero-order valence-electron chi connectivity index (χ0n) is 16.8. The maximum absolute atomic E-state index is 13.3. The summed E-state index contributed by atoms with van der Waals surface area (Å²) in [5.74, 6) is 0.533. The van der Waals surface area contributed by atoms with Crippen molar-refractivity contribution in [1.29, 1.82) is 0 Å². The first kappa shape index (κ1) is 20.3. The molecule has 0 bridgehead atoms. The van der Waals surface area contributed by atoms with Crippen LogP contribution in [0.15, 0.2) is 67.3 Å². The van der Waals surface area contributed by atoms with Gasteiger partial charge in [0, 0.05) is 24.7 Å². The average Bonchev–Trinajstić information content (AvgIpc) is 3.06. The normalized spacial score (nSPS) is 10.9. The fourth-order valence-electron chi connectivity index (χ4n) is 3.39. The van der Waals surface area contributed by atoms with Gasteiger partial charge in [-0.15, -0.1) is 0 Å². The summed E-state index contributed by atoms with van der Waals surface area (Å²) in [6, 6.07) is 17.5. The van der Waals surface area contributed by atoms with Gasteiger partial charge < -0.3 is 14.8 Å². The Kier molecular flexibility index (Phi) is 6.44. The summed E-state index contributed by atoms with van der Waals surface area (Å²) in [5.41, 5.74) is 2.61. The van der Waals surface area contributed by atoms with Crippen molar-refractivity contribution < 1.29 is 9.59 Å². The Balaban J connectivity index is 1.89. The highest BCUT2D eigenvalue weighted by atomic mass is 16.2. The Hall–Kier alpha value is -3.41. The molecule has 0 saturated heterocycles. The van der Waals surface area contributed by atoms with Crippen LogP contribution in [-0.4, -0.2) is 34.0 Å². The van der Waals surface area contributed by atoms with Crippen molar-refractivity contribution >= 4 is 28.5 Å². The monoisotopic (exact) mass is 390 g/mol. The number of fused-ring (bicyclic) bond motifs is 1. The molecule has 0 saturated carbocycles. The van der Waals surface area contributed by atoms with Crippen LogP contribution in [0.25, 0.3) is 11.0 Å². The molecular weight excluding hydrogens is 364 g/mol. The SMILES string of the molecule is C=CC(=O)NCCc1nc2ccccc2n1CC(=O)N(c1ccccc1)C(C)C. The zero-order valence-corrected chi connectivity index (χ0v) is 16.8. The van der Waals surface area contributed by atoms with Gasteiger partial charge in [-0.25, -0.2) is 4.98 Å². The second-order valence-electron chi connectivity index (χ2n) is 7.04. The van der Waals surface area contributed by atoms with E-state index in [2.05, 4.69) is 16.9 Å². The van der Waals surface area contributed by atoms with Gasteiger partial charge in [-0.2, -0.15) is 0 Å². The number of hydrogen-bond donors (Lipinski definition) is 1. The van der Waals surface area contributed by atoms with Crippen LogP contribution in [0.2, 0.25) is 0 Å². The molecule has 29 heavy (non-hydrogen) atoms. The average molecular weight is 390 g/mol. The Labute approximate surface area is 170 Å². The summed E-state index contributed by atoms with van der Waals surface area (Å²) in [6.07, 6.45) is 1.77. The molecule has 6 nitrogen and oxygen atoms in total. The number of rotatable bonds is 8. The molecule has 0 aliphatic carbocycles. The molecule has 0 unspecified atom stereocenters. The molecule has 0 spiro atoms. The number of amides is 2. The summed E-state index contributed by atoms with van der Waals surface area (Å²) >= 11 is 0. The maximum Gasteiger partial charge on any atom is 0.247 e. The van der Waals surface area contributed by atoms with Crippen molar-refractivity contribution in [3.8, 4) is 0 Å². The minimum Gasteiger partial charge on any atom is -0.352 e. The largest absolute Gasteiger partial charge is 0.352 e. The molecule has 1 N–H and O–H groups in total. The van der Waals surface area contributed by atoms with E-state index in [4.69, 9.17) is 0 Å². The number of carbonyl (C=O) groups is 2. The molecule has 0 atom stereocenters. The van der Waals surface area contributed by atoms with Crippen molar-refractivity contribution in [2.45, 2.75) is 32.9 Å². The van der Waals surface area contributed by atoms with Crippen LogP contribution < -0.4 is 10.2 Å². The van der Waals surface area contributed by atoms with Crippen molar-refractivity contribution in [3.05, 3.63) is 73.1 Å². The first-order valence-corrected chi connectivity index (χ1v) is 9.72. The second-order valence-corrected chi connectivity index (χ2v) is 7.04. The van der Waals surface area contributed by atoms with Gasteiger partial charge in [-0.05, 0) is 44.2 Å². The molecule has 150 valence electrons. The molecule has 0 aliphatic heterocycles. The van der Waals surface area contributed by atoms with Crippen LogP contribution in [0.4, 0.5) is 5.69 Å². The summed E-state index contributed by atoms with van der Waals surface area (Å²) in [7, 11) is 0. The van der Waals surface area contributed by atoms with Crippen molar-refractivity contribution in [2.24, 2.45) is 0 Å². The van der Waals surface area contributed by atoms with Crippen LogP contribution in [0.3, 0.4) is 0 Å². The molecule has 0 radical (unpaired) electrons. The Morgan fingerprint density at radius 2 is 1.83 bits per heavy atom. The van der Waals surface area contributed by atoms with Gasteiger partial charge in [0.25, 0.3) is 0 Å². The van der Waals surface area contributed by atoms with E-state index < -0.39 is 0 Å². The third-order valence-electron chi connectivity index (χ3n) is 4.68. The van der Waals surface area contributed by atoms with E-state index in [-0.39, 0.29) is 24.4 Å². The number of nitrogens with zero attached hydrogens (tertiary/aromatic N) is 3. The lowest BCUT2D eigenvalue weighted by atomic mass is 10.2. The Morgan fingerprint density at radius 1 is 1.14 bits per heavy atom. The van der Waals surface area contributed by atoms with Gasteiger partial charge in [0.15, 0.2) is 0 Å². The van der Waals surface area contributed by atoms with Crippen LogP contribution in [0, 0.1) is 0 Å². The second kappa shape index (κ2) is 9.19. The number of hydrogen-bond acceptors (Lipinski definition) is 3. The molecule has 3 rings (SSSR count). The first-order chi connectivity index (χ1) is 14.0. The van der Waals surface area contributed by atoms with E-state index in [1.54, 1.807) is 4.90 Å². The van der Waals surface area contributed by atoms with E-state index in [9.17, 15) is 9.59 Å². The summed E-state index contributed by atoms with van der Waals surface area (Å²) in [4.78, 5) is 31.2. The predicted octanol–water partition coefficient (Wildman–Crippen LogP) is 3.32. The van der Waals surface area contributed by atoms with E-state index in [1.807, 2.05) is 73.0 Å². The number of aromatic nitrogens is 2. The summed E-state index contributed by atoms with van der Waals surface area (Å²) in [5, 5.41) is 2.77. The Morgan fingerprint density at radius 3 is 2.52 bits per heavy atom. The fraction of sp³-hybridized carbons (Fsp3) is 0.261. The third-order valence-corrected chi connectivity index (χ3v) is 4.68. The highest BCUT2D eigenvalue weighted by Crippen LogP contribution is 2.20. The van der Waals surface area contributed by atoms with Crippen molar-refractivity contribution in [1.82, 2.24) is 14.9 Å². The molecule has 2 aromatic carbocycles. The third kappa shape index (κ3) is 4.71. The van der Waals surface area contributed by atoms with Crippen LogP contribution in [-0.2, 0) is 22.6 Å². The smallest absolute Gasteiger partial charge is 0.247 e. The van der Waals surface area contributed by atoms with Gasteiger partial charge >= 0.3 is 0 Å². The van der Waals surface area contributed by atoms with Crippen LogP contribution >= 0.6 is 0 Å². The standard InChI is InChI=1S/C23H26N4O2/c1-4-22(28)24-15-14-21-25-19-12-8-9-13-20(19)26(21)16-23(29)27(17(2)3)18-10-6-5-7-11-18/h4-13,17H,1,14-16H2,2-3H3,(H,24,28). The Bertz CT molecular complexity index is 1010. The molecule has 1 heterocycles. The van der Waals surface area contributed by atoms with Gasteiger partial charge in [0.05, 0.1) is 11.0 Å². The van der Waals surface area contributed by atoms with Gasteiger partial charge in [-0.3, -0.25) is 9.59 Å². The van der Waals surface area contributed by atoms with E-state index in [0.717, 1.165) is 22.5 Å². The number of para-hydroxylation sites is 3. The minimum absolute atomic E-state index is 0.00858. The van der Waals surface area contributed by atoms with Crippen molar-refractivity contribution in [2.75, 3.05) is 11.4 Å². The highest BCUT2D eigenvalue weighted by Gasteiger charge is 2.21. The van der Waals surface area contributed by atoms with Gasteiger partial charge in [0.1, 0.15) is 12.4 Å². The zero-order chi connectivity index (χ0) is 20.8. The van der Waals surface area contributed by atoms with Gasteiger partial charge in [0.2, 0.25) is 11.8 Å². The van der Waals surface area contributed by atoms with Crippen molar-refractivity contribution in [3.63, 3.8) is 0 Å². The number of nitrogens with one attached hydrogen (secondary N) is 1. The predicted molar refractivity (Wildman–Crippen MR) is 116 cm³/mol. The van der Waals surface area contributed by atoms with Crippen LogP contribution in [0.1, 0.15) is 19.7 Å². The molecule has 2 amide bonds. The summed E-state index contributed by atoms with van der Waals surface area (Å²) in [6.45, 7) is 8.07. The van der Waals surface area contributed by atoms with E-state index in [1.165, 1.54) is 6.08 Å². The maximum atomic E-state index is 13.3. The number of imidazole rings is 1. The lowest BCUT2D eigenvalue weighted by Crippen LogP contribution is -2.39. The highest BCUT2D eigenvalue weighted by molar-refractivity contribution is 5.94. The van der Waals surface area contributed by atoms with Gasteiger partial charge in [-0.1, -0.05) is 36.9 Å². The molecule has 3 aromatic rings. The minimum atomic E-state index is -0.223. The number of benzene rings is 2. The van der Waals surface area contributed by atoms with E-state index in [0.29, 0.717) is 13.0 Å². The summed E-state index contributed by atoms with van der Waals surface area (Å²) < 4.78 is 1.94. The van der Waals surface area contributed by atoms with Crippen LogP contribution in [0.5, 0.6) is 0 Å². The number of anilines is 1. The molecule has 0 fully saturated rings. The lowest BCUT2D eigenvalue weighted by Gasteiger charge is -2.27. The molecule has 0 aliphatic rings. The molecule has 6 heteroatoms. The first-order valence-electron chi connectivity index (χ1n) is 9.72. The quantitative estimate of drug-likeness (QED) is 0.600. The topological polar surface area (TPSA) is 67.2 Å². The molecule has 1 aromatic heterocycles. The number of carbonyl (C=O) groups excluding carboxylic acids is 2. The van der Waals surface area contributed by atoms with E-state index >= 15 is 0 Å². The lowest BCUT2D eigenvalue weighted by molar-refractivity contribution is -0.119. The molecular formula is C23H26N4O2.